The molecule has 0 radical (unpaired) electrons. The third-order valence-electron chi connectivity index (χ3n) is 5.55. The Labute approximate surface area is 209 Å². The number of halogens is 2. The molecule has 0 aromatic heterocycles. The number of aliphatic carboxylic acids is 1. The fourth-order valence-electron chi connectivity index (χ4n) is 3.83. The summed E-state index contributed by atoms with van der Waals surface area (Å²) in [5.41, 5.74) is 8.80. The zero-order valence-corrected chi connectivity index (χ0v) is 20.4. The van der Waals surface area contributed by atoms with E-state index in [-0.39, 0.29) is 31.5 Å². The van der Waals surface area contributed by atoms with Crippen LogP contribution < -0.4 is 21.8 Å². The number of benzene rings is 1. The monoisotopic (exact) mass is 514 g/mol. The van der Waals surface area contributed by atoms with Gasteiger partial charge in [0.15, 0.2) is 5.96 Å². The lowest BCUT2D eigenvalue weighted by Crippen LogP contribution is -2.54. The van der Waals surface area contributed by atoms with E-state index in [1.54, 1.807) is 18.2 Å². The summed E-state index contributed by atoms with van der Waals surface area (Å²) in [4.78, 5) is 37.6. The smallest absolute Gasteiger partial charge is 0.328 e. The van der Waals surface area contributed by atoms with E-state index in [2.05, 4.69) is 16.1 Å². The number of carbonyl (C=O) groups excluding carboxylic acids is 2. The lowest BCUT2D eigenvalue weighted by Gasteiger charge is -2.30. The number of carboxylic acids is 1. The van der Waals surface area contributed by atoms with E-state index in [0.717, 1.165) is 37.1 Å². The van der Waals surface area contributed by atoms with Gasteiger partial charge in [0.05, 0.1) is 10.0 Å². The van der Waals surface area contributed by atoms with Crippen molar-refractivity contribution in [3.05, 3.63) is 33.8 Å². The van der Waals surface area contributed by atoms with Crippen molar-refractivity contribution in [1.82, 2.24) is 21.1 Å². The topological polar surface area (TPSA) is 161 Å². The maximum absolute atomic E-state index is 13.0. The highest BCUT2D eigenvalue weighted by atomic mass is 35.5. The predicted octanol–water partition coefficient (Wildman–Crippen LogP) is 2.38. The largest absolute Gasteiger partial charge is 0.480 e. The number of hydrogen-bond acceptors (Lipinski definition) is 5. The normalized spacial score (nSPS) is 14.8. The molecule has 0 spiro atoms. The zero-order chi connectivity index (χ0) is 25.1. The lowest BCUT2D eigenvalue weighted by molar-refractivity contribution is -0.155. The SMILES string of the molecule is N=C(N)NCCC[C@@H](C(=O)O)N(NCc1ccc(Cl)c(Cl)c1)C(=O)CC(=O)NC1CCCCC1. The second-order valence-electron chi connectivity index (χ2n) is 8.26. The molecule has 1 fully saturated rings. The van der Waals surface area contributed by atoms with E-state index >= 15 is 0 Å². The number of carbonyl (C=O) groups is 3. The molecule has 2 amide bonds. The van der Waals surface area contributed by atoms with Crippen molar-refractivity contribution in [2.24, 2.45) is 5.73 Å². The summed E-state index contributed by atoms with van der Waals surface area (Å²) in [7, 11) is 0. The number of hydrazine groups is 1. The second-order valence-corrected chi connectivity index (χ2v) is 9.08. The highest BCUT2D eigenvalue weighted by Crippen LogP contribution is 2.23. The Morgan fingerprint density at radius 2 is 1.88 bits per heavy atom. The van der Waals surface area contributed by atoms with Gasteiger partial charge < -0.3 is 21.5 Å². The molecule has 7 N–H and O–H groups in total. The van der Waals surface area contributed by atoms with Gasteiger partial charge in [-0.2, -0.15) is 0 Å². The first kappa shape index (κ1) is 27.7. The van der Waals surface area contributed by atoms with Crippen LogP contribution in [0.25, 0.3) is 0 Å². The van der Waals surface area contributed by atoms with Crippen LogP contribution >= 0.6 is 23.2 Å². The quantitative estimate of drug-likeness (QED) is 0.0819. The van der Waals surface area contributed by atoms with Crippen LogP contribution in [0.3, 0.4) is 0 Å². The van der Waals surface area contributed by atoms with E-state index < -0.39 is 30.2 Å². The Balaban J connectivity index is 2.09. The molecule has 1 aromatic rings. The number of nitrogens with two attached hydrogens (primary N) is 1. The van der Waals surface area contributed by atoms with Crippen molar-refractivity contribution in [1.29, 1.82) is 5.41 Å². The van der Waals surface area contributed by atoms with Crippen LogP contribution in [0.4, 0.5) is 0 Å². The van der Waals surface area contributed by atoms with Gasteiger partial charge in [-0.3, -0.25) is 20.0 Å². The van der Waals surface area contributed by atoms with E-state index in [0.29, 0.717) is 22.0 Å². The standard InChI is InChI=1S/C22H32Cl2N6O4/c23-16-9-8-14(11-17(16)24)13-28-30(18(21(33)34)7-4-10-27-22(25)26)20(32)12-19(31)29-15-5-2-1-3-6-15/h8-9,11,15,18,28H,1-7,10,12-13H2,(H,29,31)(H,33,34)(H4,25,26,27)/t18-/m0/s1. The van der Waals surface area contributed by atoms with Crippen LogP contribution in [-0.4, -0.2) is 52.5 Å². The van der Waals surface area contributed by atoms with E-state index in [1.807, 2.05) is 0 Å². The molecule has 12 heteroatoms. The Morgan fingerprint density at radius 1 is 1.18 bits per heavy atom. The molecule has 0 saturated heterocycles. The fraction of sp³-hybridized carbons (Fsp3) is 0.545. The van der Waals surface area contributed by atoms with Crippen molar-refractivity contribution in [2.75, 3.05) is 6.54 Å². The predicted molar refractivity (Wildman–Crippen MR) is 130 cm³/mol. The molecule has 1 aliphatic carbocycles. The summed E-state index contributed by atoms with van der Waals surface area (Å²) in [6.45, 7) is 0.373. The Morgan fingerprint density at radius 3 is 2.50 bits per heavy atom. The molecule has 10 nitrogen and oxygen atoms in total. The third-order valence-corrected chi connectivity index (χ3v) is 6.29. The molecule has 2 rings (SSSR count). The average Bonchev–Trinajstić information content (AvgIpc) is 2.77. The zero-order valence-electron chi connectivity index (χ0n) is 18.9. The van der Waals surface area contributed by atoms with Gasteiger partial charge in [-0.1, -0.05) is 48.5 Å². The maximum atomic E-state index is 13.0. The lowest BCUT2D eigenvalue weighted by atomic mass is 9.95. The molecule has 1 aliphatic rings. The van der Waals surface area contributed by atoms with Gasteiger partial charge in [-0.25, -0.2) is 10.2 Å². The molecular formula is C22H32Cl2N6O4. The summed E-state index contributed by atoms with van der Waals surface area (Å²) in [6.07, 6.45) is 4.90. The van der Waals surface area contributed by atoms with Gasteiger partial charge in [0, 0.05) is 19.1 Å². The van der Waals surface area contributed by atoms with Gasteiger partial charge in [0.25, 0.3) is 0 Å². The number of nitrogens with zero attached hydrogens (tertiary/aromatic N) is 1. The molecule has 0 unspecified atom stereocenters. The number of hydrogen-bond donors (Lipinski definition) is 6. The molecule has 1 atom stereocenters. The van der Waals surface area contributed by atoms with E-state index in [4.69, 9.17) is 34.3 Å². The van der Waals surface area contributed by atoms with Crippen LogP contribution in [0.2, 0.25) is 10.0 Å². The minimum Gasteiger partial charge on any atom is -0.480 e. The van der Waals surface area contributed by atoms with Crippen molar-refractivity contribution in [3.8, 4) is 0 Å². The van der Waals surface area contributed by atoms with Gasteiger partial charge >= 0.3 is 5.97 Å². The molecule has 34 heavy (non-hydrogen) atoms. The van der Waals surface area contributed by atoms with Gasteiger partial charge in [0.1, 0.15) is 12.5 Å². The van der Waals surface area contributed by atoms with Crippen LogP contribution in [-0.2, 0) is 20.9 Å². The number of rotatable bonds is 12. The molecule has 0 bridgehead atoms. The highest BCUT2D eigenvalue weighted by Gasteiger charge is 2.31. The van der Waals surface area contributed by atoms with Crippen molar-refractivity contribution < 1.29 is 19.5 Å². The number of guanidine groups is 1. The van der Waals surface area contributed by atoms with Crippen LogP contribution in [0, 0.1) is 5.41 Å². The number of nitrogens with one attached hydrogen (secondary N) is 4. The third kappa shape index (κ3) is 9.36. The first-order chi connectivity index (χ1) is 16.2. The van der Waals surface area contributed by atoms with Gasteiger partial charge in [-0.15, -0.1) is 0 Å². The maximum Gasteiger partial charge on any atom is 0.328 e. The van der Waals surface area contributed by atoms with E-state index in [1.165, 1.54) is 0 Å². The molecule has 0 aliphatic heterocycles. The molecule has 1 saturated carbocycles. The summed E-state index contributed by atoms with van der Waals surface area (Å²) in [5, 5.41) is 24.2. The van der Waals surface area contributed by atoms with Gasteiger partial charge in [-0.05, 0) is 43.4 Å². The van der Waals surface area contributed by atoms with Crippen LogP contribution in [0.5, 0.6) is 0 Å². The molecule has 1 aromatic carbocycles. The molecule has 188 valence electrons. The highest BCUT2D eigenvalue weighted by molar-refractivity contribution is 6.42. The summed E-state index contributed by atoms with van der Waals surface area (Å²) in [6, 6.07) is 3.73. The van der Waals surface area contributed by atoms with Crippen molar-refractivity contribution in [2.45, 2.75) is 70.0 Å². The second kappa shape index (κ2) is 14.0. The first-order valence-corrected chi connectivity index (χ1v) is 12.0. The summed E-state index contributed by atoms with van der Waals surface area (Å²) in [5.74, 6) is -2.52. The summed E-state index contributed by atoms with van der Waals surface area (Å²) < 4.78 is 0. The van der Waals surface area contributed by atoms with Crippen molar-refractivity contribution >= 4 is 46.9 Å². The van der Waals surface area contributed by atoms with Crippen LogP contribution in [0.15, 0.2) is 18.2 Å². The Bertz CT molecular complexity index is 879. The van der Waals surface area contributed by atoms with Crippen molar-refractivity contribution in [3.63, 3.8) is 0 Å². The minimum atomic E-state index is -1.23. The van der Waals surface area contributed by atoms with Crippen LogP contribution in [0.1, 0.15) is 56.9 Å². The number of amides is 2. The Kier molecular flexibility index (Phi) is 11.4. The van der Waals surface area contributed by atoms with Gasteiger partial charge in [0.2, 0.25) is 11.8 Å². The minimum absolute atomic E-state index is 0.0413. The molecular weight excluding hydrogens is 483 g/mol. The fourth-order valence-corrected chi connectivity index (χ4v) is 4.15. The Hall–Kier alpha value is -2.56. The number of carboxylic acid groups (broad SMARTS) is 1. The summed E-state index contributed by atoms with van der Waals surface area (Å²) >= 11 is 12.0. The van der Waals surface area contributed by atoms with E-state index in [9.17, 15) is 19.5 Å². The first-order valence-electron chi connectivity index (χ1n) is 11.3. The average molecular weight is 515 g/mol. The molecule has 0 heterocycles.